The Hall–Kier alpha value is -1.67. The van der Waals surface area contributed by atoms with E-state index in [0.29, 0.717) is 0 Å². The van der Waals surface area contributed by atoms with Gasteiger partial charge in [0.15, 0.2) is 5.69 Å². The number of aromatic nitrogens is 2. The summed E-state index contributed by atoms with van der Waals surface area (Å²) in [5.41, 5.74) is -2.50. The lowest BCUT2D eigenvalue weighted by atomic mass is 10.2. The Balaban J connectivity index is 3.08. The minimum Gasteiger partial charge on any atom is -0.476 e. The highest BCUT2D eigenvalue weighted by Gasteiger charge is 2.43. The summed E-state index contributed by atoms with van der Waals surface area (Å²) >= 11 is 0. The van der Waals surface area contributed by atoms with Crippen LogP contribution in [0.4, 0.5) is 22.0 Å². The van der Waals surface area contributed by atoms with Gasteiger partial charge in [-0.3, -0.25) is 0 Å². The Kier molecular flexibility index (Phi) is 2.65. The van der Waals surface area contributed by atoms with Crippen LogP contribution < -0.4 is 0 Å². The number of alkyl halides is 4. The summed E-state index contributed by atoms with van der Waals surface area (Å²) in [7, 11) is 0. The monoisotopic (exact) mass is 230 g/mol. The Morgan fingerprint density at radius 2 is 2.07 bits per heavy atom. The number of hydrogen-bond acceptors (Lipinski definition) is 2. The summed E-state index contributed by atoms with van der Waals surface area (Å²) in [5, 5.41) is 10.7. The number of rotatable bonds is 2. The van der Waals surface area contributed by atoms with Gasteiger partial charge >= 0.3 is 12.1 Å². The van der Waals surface area contributed by atoms with Crippen molar-refractivity contribution < 1.29 is 31.9 Å². The number of carboxylic acid groups (broad SMARTS) is 1. The number of hydrogen-bond donors (Lipinski definition) is 1. The van der Waals surface area contributed by atoms with Gasteiger partial charge in [-0.25, -0.2) is 9.18 Å². The lowest BCUT2D eigenvalue weighted by Gasteiger charge is -2.08. The molecule has 1 unspecified atom stereocenters. The number of aromatic carboxylic acids is 1. The maximum Gasteiger partial charge on any atom is 0.425 e. The van der Waals surface area contributed by atoms with E-state index in [0.717, 1.165) is 0 Å². The summed E-state index contributed by atoms with van der Waals surface area (Å²) in [5.74, 6) is -1.84. The van der Waals surface area contributed by atoms with Gasteiger partial charge in [0.05, 0.1) is 0 Å². The molecule has 1 rings (SSSR count). The largest absolute Gasteiger partial charge is 0.476 e. The normalized spacial score (nSPS) is 13.9. The van der Waals surface area contributed by atoms with Crippen molar-refractivity contribution in [1.29, 1.82) is 0 Å². The predicted molar refractivity (Wildman–Crippen MR) is 35.6 cm³/mol. The van der Waals surface area contributed by atoms with E-state index in [2.05, 4.69) is 5.10 Å². The average Bonchev–Trinajstić information content (AvgIpc) is 2.44. The van der Waals surface area contributed by atoms with Crippen molar-refractivity contribution in [1.82, 2.24) is 10.0 Å². The van der Waals surface area contributed by atoms with Crippen LogP contribution in [0.1, 0.15) is 22.4 Å². The lowest BCUT2D eigenvalue weighted by Crippen LogP contribution is -2.17. The molecule has 1 atom stereocenters. The molecule has 0 aromatic carbocycles. The van der Waals surface area contributed by atoms with E-state index < -0.39 is 34.6 Å². The third-order valence-electron chi connectivity index (χ3n) is 1.45. The molecule has 9 heteroatoms. The van der Waals surface area contributed by atoms with Crippen LogP contribution in [0, 0.1) is 0 Å². The first-order chi connectivity index (χ1) is 6.73. The van der Waals surface area contributed by atoms with E-state index in [4.69, 9.17) is 5.11 Å². The molecule has 1 aromatic rings. The number of carboxylic acids is 1. The quantitative estimate of drug-likeness (QED) is 0.789. The molecule has 0 saturated heterocycles. The second-order valence-corrected chi connectivity index (χ2v) is 2.52. The van der Waals surface area contributed by atoms with Gasteiger partial charge in [0.25, 0.3) is 0 Å². The van der Waals surface area contributed by atoms with Gasteiger partial charge in [0.2, 0.25) is 6.17 Å². The van der Waals surface area contributed by atoms with Gasteiger partial charge in [-0.15, -0.1) is 5.10 Å². The molecule has 0 spiro atoms. The molecule has 0 radical (unpaired) electrons. The second kappa shape index (κ2) is 3.48. The Morgan fingerprint density at radius 1 is 1.53 bits per heavy atom. The maximum atomic E-state index is 12.5. The zero-order valence-corrected chi connectivity index (χ0v) is 6.79. The van der Waals surface area contributed by atoms with Gasteiger partial charge in [-0.1, -0.05) is 9.39 Å². The molecule has 0 aliphatic carbocycles. The van der Waals surface area contributed by atoms with E-state index >= 15 is 0 Å². The van der Waals surface area contributed by atoms with E-state index in [-0.39, 0.29) is 6.07 Å². The van der Waals surface area contributed by atoms with Crippen molar-refractivity contribution in [3.8, 4) is 0 Å². The highest BCUT2D eigenvalue weighted by molar-refractivity contribution is 5.85. The molecule has 0 aliphatic heterocycles. The number of halogens is 5. The third-order valence-corrected chi connectivity index (χ3v) is 1.45. The minimum absolute atomic E-state index is 0.181. The fourth-order valence-corrected chi connectivity index (χ4v) is 0.810. The first-order valence-electron chi connectivity index (χ1n) is 3.43. The molecule has 0 aliphatic rings. The molecular weight excluding hydrogens is 227 g/mol. The smallest absolute Gasteiger partial charge is 0.425 e. The van der Waals surface area contributed by atoms with E-state index in [1.807, 2.05) is 0 Å². The van der Waals surface area contributed by atoms with Crippen molar-refractivity contribution in [2.45, 2.75) is 12.3 Å². The van der Waals surface area contributed by atoms with Crippen LogP contribution in [-0.4, -0.2) is 27.3 Å². The molecule has 0 saturated carbocycles. The Morgan fingerprint density at radius 3 is 2.40 bits per heavy atom. The average molecular weight is 230 g/mol. The summed E-state index contributed by atoms with van der Waals surface area (Å²) in [4.78, 5) is 9.38. The van der Waals surface area contributed by atoms with Crippen LogP contribution in [0.15, 0.2) is 6.07 Å². The number of carbonyl (C=O) groups is 1. The van der Waals surface area contributed by atoms with Crippen molar-refractivity contribution in [2.24, 2.45) is 0 Å². The molecular formula is C6H3F5N2O2. The van der Waals surface area contributed by atoms with Crippen LogP contribution in [-0.2, 0) is 0 Å². The molecule has 1 heterocycles. The second-order valence-electron chi connectivity index (χ2n) is 2.52. The van der Waals surface area contributed by atoms with Gasteiger partial charge in [0.1, 0.15) is 5.69 Å². The standard InChI is InChI=1S/C6H3F5N2O2/c7-4(6(8,9)10)2-1-3(5(14)15)13(11)12-2/h1,4H,(H,14,15). The highest BCUT2D eigenvalue weighted by Crippen LogP contribution is 2.35. The van der Waals surface area contributed by atoms with Gasteiger partial charge in [0, 0.05) is 6.07 Å². The molecule has 4 nitrogen and oxygen atoms in total. The third kappa shape index (κ3) is 2.22. The molecule has 1 N–H and O–H groups in total. The van der Waals surface area contributed by atoms with Crippen molar-refractivity contribution in [2.75, 3.05) is 0 Å². The highest BCUT2D eigenvalue weighted by atomic mass is 19.4. The lowest BCUT2D eigenvalue weighted by molar-refractivity contribution is -0.184. The van der Waals surface area contributed by atoms with Crippen LogP contribution in [0.3, 0.4) is 0 Å². The molecule has 84 valence electrons. The number of nitrogens with zero attached hydrogens (tertiary/aromatic N) is 2. The maximum absolute atomic E-state index is 12.5. The summed E-state index contributed by atoms with van der Waals surface area (Å²) in [6.07, 6.45) is -8.75. The van der Waals surface area contributed by atoms with Crippen LogP contribution >= 0.6 is 0 Å². The van der Waals surface area contributed by atoms with E-state index in [1.165, 1.54) is 0 Å². The minimum atomic E-state index is -5.25. The van der Waals surface area contributed by atoms with E-state index in [1.54, 1.807) is 0 Å². The molecule has 1 aromatic heterocycles. The van der Waals surface area contributed by atoms with Crippen LogP contribution in [0.5, 0.6) is 0 Å². The van der Waals surface area contributed by atoms with Crippen molar-refractivity contribution >= 4 is 5.97 Å². The molecule has 0 bridgehead atoms. The zero-order valence-electron chi connectivity index (χ0n) is 6.79. The zero-order chi connectivity index (χ0) is 11.8. The van der Waals surface area contributed by atoms with Crippen LogP contribution in [0.25, 0.3) is 0 Å². The van der Waals surface area contributed by atoms with Crippen LogP contribution in [0.2, 0.25) is 0 Å². The first-order valence-corrected chi connectivity index (χ1v) is 3.43. The summed E-state index contributed by atoms with van der Waals surface area (Å²) in [6.45, 7) is 0. The summed E-state index contributed by atoms with van der Waals surface area (Å²) in [6, 6.07) is 0.181. The van der Waals surface area contributed by atoms with Crippen molar-refractivity contribution in [3.63, 3.8) is 0 Å². The SMILES string of the molecule is O=C(O)c1cc(C(F)C(F)(F)F)nn1F. The van der Waals surface area contributed by atoms with E-state index in [9.17, 15) is 26.8 Å². The van der Waals surface area contributed by atoms with Gasteiger partial charge in [-0.05, 0) is 0 Å². The Bertz CT molecular complexity index is 385. The van der Waals surface area contributed by atoms with Gasteiger partial charge < -0.3 is 5.11 Å². The first kappa shape index (κ1) is 11.4. The fourth-order valence-electron chi connectivity index (χ4n) is 0.810. The molecule has 15 heavy (non-hydrogen) atoms. The predicted octanol–water partition coefficient (Wildman–Crippen LogP) is 1.89. The molecule has 0 amide bonds. The molecule has 0 fully saturated rings. The fraction of sp³-hybridized carbons (Fsp3) is 0.333. The summed E-state index contributed by atoms with van der Waals surface area (Å²) < 4.78 is 60.4. The Labute approximate surface area is 78.9 Å². The van der Waals surface area contributed by atoms with Crippen molar-refractivity contribution in [3.05, 3.63) is 17.5 Å². The topological polar surface area (TPSA) is 55.1 Å². The van der Waals surface area contributed by atoms with Gasteiger partial charge in [-0.2, -0.15) is 13.2 Å².